The number of rotatable bonds is 4. The molecule has 1 fully saturated rings. The number of halogens is 1. The highest BCUT2D eigenvalue weighted by Crippen LogP contribution is 2.36. The molecule has 4 rings (SSSR count). The predicted octanol–water partition coefficient (Wildman–Crippen LogP) is 3.09. The smallest absolute Gasteiger partial charge is 0.261 e. The summed E-state index contributed by atoms with van der Waals surface area (Å²) in [6, 6.07) is 10.2. The van der Waals surface area contributed by atoms with Crippen molar-refractivity contribution in [2.45, 2.75) is 18.9 Å². The van der Waals surface area contributed by atoms with Crippen molar-refractivity contribution in [3.8, 4) is 21.9 Å². The number of amides is 1. The Balaban J connectivity index is 0.00000182. The Hall–Kier alpha value is -1.76. The molecular weight excluding hydrogens is 360 g/mol. The van der Waals surface area contributed by atoms with Crippen molar-refractivity contribution in [2.24, 2.45) is 0 Å². The number of carbonyl (C=O) groups excluding carboxylic acids is 1. The summed E-state index contributed by atoms with van der Waals surface area (Å²) in [5.41, 5.74) is 1.04. The Morgan fingerprint density at radius 1 is 1.20 bits per heavy atom. The second-order valence-corrected chi connectivity index (χ2v) is 7.11. The van der Waals surface area contributed by atoms with E-state index in [9.17, 15) is 4.79 Å². The quantitative estimate of drug-likeness (QED) is 0.855. The van der Waals surface area contributed by atoms with Crippen molar-refractivity contribution in [2.75, 3.05) is 26.3 Å². The SMILES string of the molecule is Cl.O=C(NCC1CCCN1)c1ccc(-c2ccc3c(c2)OCCO3)s1. The maximum Gasteiger partial charge on any atom is 0.261 e. The fourth-order valence-corrected chi connectivity index (χ4v) is 3.96. The number of benzene rings is 1. The maximum atomic E-state index is 12.3. The largest absolute Gasteiger partial charge is 0.486 e. The molecule has 0 bridgehead atoms. The normalized spacial score (nSPS) is 18.5. The van der Waals surface area contributed by atoms with E-state index in [1.807, 2.05) is 30.3 Å². The van der Waals surface area contributed by atoms with Gasteiger partial charge in [-0.25, -0.2) is 0 Å². The molecule has 3 heterocycles. The van der Waals surface area contributed by atoms with Crippen LogP contribution in [-0.2, 0) is 0 Å². The van der Waals surface area contributed by atoms with Crippen LogP contribution in [0, 0.1) is 0 Å². The van der Waals surface area contributed by atoms with Gasteiger partial charge in [-0.2, -0.15) is 0 Å². The summed E-state index contributed by atoms with van der Waals surface area (Å²) in [7, 11) is 0. The van der Waals surface area contributed by atoms with E-state index >= 15 is 0 Å². The van der Waals surface area contributed by atoms with E-state index in [1.165, 1.54) is 17.8 Å². The van der Waals surface area contributed by atoms with Gasteiger partial charge >= 0.3 is 0 Å². The van der Waals surface area contributed by atoms with Crippen molar-refractivity contribution in [3.05, 3.63) is 35.2 Å². The van der Waals surface area contributed by atoms with Crippen LogP contribution in [0.3, 0.4) is 0 Å². The zero-order valence-corrected chi connectivity index (χ0v) is 15.4. The first-order valence-corrected chi connectivity index (χ1v) is 9.13. The third-order valence-electron chi connectivity index (χ3n) is 4.33. The molecule has 2 aromatic rings. The summed E-state index contributed by atoms with van der Waals surface area (Å²) in [4.78, 5) is 14.1. The molecule has 0 radical (unpaired) electrons. The molecule has 2 aliphatic rings. The molecular formula is C18H21ClN2O3S. The van der Waals surface area contributed by atoms with Crippen LogP contribution in [0.5, 0.6) is 11.5 Å². The third kappa shape index (κ3) is 4.08. The van der Waals surface area contributed by atoms with Gasteiger partial charge in [0.2, 0.25) is 0 Å². The van der Waals surface area contributed by atoms with E-state index in [1.54, 1.807) is 0 Å². The van der Waals surface area contributed by atoms with E-state index in [0.717, 1.165) is 39.8 Å². The molecule has 25 heavy (non-hydrogen) atoms. The molecule has 1 aromatic carbocycles. The van der Waals surface area contributed by atoms with Crippen LogP contribution in [0.2, 0.25) is 0 Å². The highest BCUT2D eigenvalue weighted by atomic mass is 35.5. The monoisotopic (exact) mass is 380 g/mol. The molecule has 5 nitrogen and oxygen atoms in total. The van der Waals surface area contributed by atoms with Crippen LogP contribution < -0.4 is 20.1 Å². The van der Waals surface area contributed by atoms with Crippen LogP contribution in [0.4, 0.5) is 0 Å². The van der Waals surface area contributed by atoms with Gasteiger partial charge in [-0.3, -0.25) is 4.79 Å². The first-order valence-electron chi connectivity index (χ1n) is 8.31. The van der Waals surface area contributed by atoms with Crippen LogP contribution >= 0.6 is 23.7 Å². The Labute approximate surface area is 157 Å². The van der Waals surface area contributed by atoms with Gasteiger partial charge in [-0.15, -0.1) is 23.7 Å². The van der Waals surface area contributed by atoms with E-state index in [4.69, 9.17) is 9.47 Å². The number of hydrogen-bond acceptors (Lipinski definition) is 5. The summed E-state index contributed by atoms with van der Waals surface area (Å²) in [5.74, 6) is 1.55. The summed E-state index contributed by atoms with van der Waals surface area (Å²) in [6.07, 6.45) is 2.32. The van der Waals surface area contributed by atoms with Crippen LogP contribution in [0.25, 0.3) is 10.4 Å². The zero-order valence-electron chi connectivity index (χ0n) is 13.7. The van der Waals surface area contributed by atoms with Gasteiger partial charge in [0.1, 0.15) is 13.2 Å². The fraction of sp³-hybridized carbons (Fsp3) is 0.389. The van der Waals surface area contributed by atoms with Crippen LogP contribution in [0.1, 0.15) is 22.5 Å². The van der Waals surface area contributed by atoms with E-state index in [2.05, 4.69) is 10.6 Å². The van der Waals surface area contributed by atoms with Crippen molar-refractivity contribution in [1.82, 2.24) is 10.6 Å². The number of hydrogen-bond donors (Lipinski definition) is 2. The lowest BCUT2D eigenvalue weighted by atomic mass is 10.1. The lowest BCUT2D eigenvalue weighted by Gasteiger charge is -2.18. The standard InChI is InChI=1S/C18H20N2O3S.ClH/c21-18(20-11-13-2-1-7-19-13)17-6-5-16(24-17)12-3-4-14-15(10-12)23-9-8-22-14;/h3-6,10,13,19H,1-2,7-9,11H2,(H,20,21);1H. The Morgan fingerprint density at radius 3 is 2.84 bits per heavy atom. The molecule has 1 unspecified atom stereocenters. The molecule has 2 N–H and O–H groups in total. The summed E-state index contributed by atoms with van der Waals surface area (Å²) < 4.78 is 11.2. The van der Waals surface area contributed by atoms with Crippen LogP contribution in [0.15, 0.2) is 30.3 Å². The van der Waals surface area contributed by atoms with Gasteiger partial charge in [0.25, 0.3) is 5.91 Å². The maximum absolute atomic E-state index is 12.3. The second kappa shape index (κ2) is 8.08. The number of fused-ring (bicyclic) bond motifs is 1. The molecule has 1 saturated heterocycles. The Bertz CT molecular complexity index is 744. The Kier molecular flexibility index (Phi) is 5.83. The molecule has 134 valence electrons. The molecule has 0 aliphatic carbocycles. The Morgan fingerprint density at radius 2 is 2.04 bits per heavy atom. The molecule has 1 amide bonds. The number of thiophene rings is 1. The average Bonchev–Trinajstić information content (AvgIpc) is 3.31. The first-order chi connectivity index (χ1) is 11.8. The molecule has 0 saturated carbocycles. The third-order valence-corrected chi connectivity index (χ3v) is 5.46. The fourth-order valence-electron chi connectivity index (χ4n) is 3.05. The van der Waals surface area contributed by atoms with Crippen molar-refractivity contribution >= 4 is 29.7 Å². The summed E-state index contributed by atoms with van der Waals surface area (Å²) in [6.45, 7) is 2.90. The van der Waals surface area contributed by atoms with Crippen molar-refractivity contribution in [3.63, 3.8) is 0 Å². The summed E-state index contributed by atoms with van der Waals surface area (Å²) >= 11 is 1.50. The lowest BCUT2D eigenvalue weighted by Crippen LogP contribution is -2.36. The van der Waals surface area contributed by atoms with Gasteiger partial charge < -0.3 is 20.1 Å². The highest BCUT2D eigenvalue weighted by molar-refractivity contribution is 7.17. The van der Waals surface area contributed by atoms with E-state index in [-0.39, 0.29) is 18.3 Å². The molecule has 1 aromatic heterocycles. The van der Waals surface area contributed by atoms with Gasteiger partial charge in [0.05, 0.1) is 4.88 Å². The number of ether oxygens (including phenoxy) is 2. The topological polar surface area (TPSA) is 59.6 Å². The highest BCUT2D eigenvalue weighted by Gasteiger charge is 2.17. The first kappa shape index (κ1) is 18.0. The van der Waals surface area contributed by atoms with Gasteiger partial charge in [0.15, 0.2) is 11.5 Å². The van der Waals surface area contributed by atoms with Crippen molar-refractivity contribution < 1.29 is 14.3 Å². The summed E-state index contributed by atoms with van der Waals surface area (Å²) in [5, 5.41) is 6.41. The van der Waals surface area contributed by atoms with Crippen molar-refractivity contribution in [1.29, 1.82) is 0 Å². The number of carbonyl (C=O) groups is 1. The molecule has 0 spiro atoms. The van der Waals surface area contributed by atoms with Crippen LogP contribution in [-0.4, -0.2) is 38.3 Å². The number of nitrogens with one attached hydrogen (secondary N) is 2. The lowest BCUT2D eigenvalue weighted by molar-refractivity contribution is 0.0954. The van der Waals surface area contributed by atoms with E-state index < -0.39 is 0 Å². The second-order valence-electron chi connectivity index (χ2n) is 6.03. The minimum Gasteiger partial charge on any atom is -0.486 e. The van der Waals surface area contributed by atoms with Gasteiger partial charge in [-0.05, 0) is 55.3 Å². The van der Waals surface area contributed by atoms with Gasteiger partial charge in [0, 0.05) is 17.5 Å². The minimum atomic E-state index is -0.00232. The molecule has 2 aliphatic heterocycles. The van der Waals surface area contributed by atoms with Gasteiger partial charge in [-0.1, -0.05) is 0 Å². The minimum absolute atomic E-state index is 0. The predicted molar refractivity (Wildman–Crippen MR) is 101 cm³/mol. The average molecular weight is 381 g/mol. The van der Waals surface area contributed by atoms with E-state index in [0.29, 0.717) is 25.8 Å². The zero-order chi connectivity index (χ0) is 16.4. The molecule has 1 atom stereocenters. The molecule has 7 heteroatoms.